The van der Waals surface area contributed by atoms with Crippen LogP contribution >= 0.6 is 0 Å². The molecule has 2 aliphatic rings. The molecule has 0 aromatic rings. The summed E-state index contributed by atoms with van der Waals surface area (Å²) in [6, 6.07) is 0.383. The number of carbonyl (C=O) groups excluding carboxylic acids is 2. The third-order valence-corrected chi connectivity index (χ3v) is 3.32. The Morgan fingerprint density at radius 2 is 2.10 bits per heavy atom. The highest BCUT2D eigenvalue weighted by molar-refractivity contribution is 5.93. The van der Waals surface area contributed by atoms with E-state index in [2.05, 4.69) is 0 Å². The zero-order chi connectivity index (χ0) is 15.1. The van der Waals surface area contributed by atoms with Gasteiger partial charge < -0.3 is 9.84 Å². The zero-order valence-corrected chi connectivity index (χ0v) is 11.8. The second kappa shape index (κ2) is 4.63. The first-order chi connectivity index (χ1) is 9.17. The van der Waals surface area contributed by atoms with Crippen LogP contribution < -0.4 is 5.32 Å². The van der Waals surface area contributed by atoms with Crippen molar-refractivity contribution in [2.45, 2.75) is 57.4 Å². The van der Waals surface area contributed by atoms with Crippen molar-refractivity contribution < 1.29 is 19.4 Å². The Bertz CT molecular complexity index is 475. The number of nitrogens with zero attached hydrogens (tertiary/aromatic N) is 2. The first kappa shape index (κ1) is 14.6. The van der Waals surface area contributed by atoms with Crippen molar-refractivity contribution in [1.82, 2.24) is 10.2 Å². The van der Waals surface area contributed by atoms with E-state index in [1.807, 2.05) is 5.32 Å². The highest BCUT2D eigenvalue weighted by atomic mass is 16.6. The number of hydrogen-bond acceptors (Lipinski definition) is 5. The lowest BCUT2D eigenvalue weighted by molar-refractivity contribution is 0.0536. The largest absolute Gasteiger partial charge is 0.443 e. The number of carbonyl (C=O) groups is 2. The third kappa shape index (κ3) is 3.02. The van der Waals surface area contributed by atoms with Crippen LogP contribution in [0, 0.1) is 17.2 Å². The van der Waals surface area contributed by atoms with E-state index in [9.17, 15) is 14.7 Å². The molecule has 0 bridgehead atoms. The second-order valence-corrected chi connectivity index (χ2v) is 6.33. The molecule has 110 valence electrons. The van der Waals surface area contributed by atoms with Gasteiger partial charge in [0.25, 0.3) is 5.72 Å². The van der Waals surface area contributed by atoms with Crippen molar-refractivity contribution in [2.24, 2.45) is 5.92 Å². The number of amides is 3. The Kier molecular flexibility index (Phi) is 3.38. The van der Waals surface area contributed by atoms with E-state index in [0.29, 0.717) is 12.3 Å². The monoisotopic (exact) mass is 281 g/mol. The molecule has 0 aromatic heterocycles. The molecule has 3 amide bonds. The van der Waals surface area contributed by atoms with Gasteiger partial charge in [-0.25, -0.2) is 14.9 Å². The second-order valence-electron chi connectivity index (χ2n) is 6.33. The molecule has 1 aliphatic carbocycles. The van der Waals surface area contributed by atoms with Gasteiger partial charge in [-0.05, 0) is 33.1 Å². The van der Waals surface area contributed by atoms with Gasteiger partial charge in [0.1, 0.15) is 11.7 Å². The van der Waals surface area contributed by atoms with Gasteiger partial charge in [0.2, 0.25) is 0 Å². The summed E-state index contributed by atoms with van der Waals surface area (Å²) in [4.78, 5) is 24.4. The SMILES string of the molecule is CC(C)(C)OC(=O)NC(=O)N1C(CC2CC2)C1(O)C#N. The van der Waals surface area contributed by atoms with Crippen LogP contribution in [-0.4, -0.2) is 39.5 Å². The molecular formula is C13H19N3O4. The minimum atomic E-state index is -1.80. The van der Waals surface area contributed by atoms with Crippen LogP contribution in [0.15, 0.2) is 0 Å². The first-order valence-corrected chi connectivity index (χ1v) is 6.64. The number of rotatable bonds is 2. The average Bonchev–Trinajstić information content (AvgIpc) is 3.16. The van der Waals surface area contributed by atoms with Crippen LogP contribution in [0.5, 0.6) is 0 Å². The fourth-order valence-electron chi connectivity index (χ4n) is 2.15. The van der Waals surface area contributed by atoms with Gasteiger partial charge in [0, 0.05) is 0 Å². The molecule has 2 unspecified atom stereocenters. The van der Waals surface area contributed by atoms with E-state index in [0.717, 1.165) is 17.7 Å². The Morgan fingerprint density at radius 3 is 2.55 bits per heavy atom. The van der Waals surface area contributed by atoms with Gasteiger partial charge in [-0.2, -0.15) is 5.26 Å². The molecule has 20 heavy (non-hydrogen) atoms. The summed E-state index contributed by atoms with van der Waals surface area (Å²) in [5.41, 5.74) is -2.52. The average molecular weight is 281 g/mol. The van der Waals surface area contributed by atoms with Gasteiger partial charge in [0.15, 0.2) is 0 Å². The Labute approximate surface area is 117 Å². The number of hydrogen-bond donors (Lipinski definition) is 2. The molecule has 7 nitrogen and oxygen atoms in total. The molecule has 1 saturated heterocycles. The lowest BCUT2D eigenvalue weighted by Crippen LogP contribution is -2.40. The molecule has 0 aromatic carbocycles. The van der Waals surface area contributed by atoms with E-state index in [-0.39, 0.29) is 0 Å². The highest BCUT2D eigenvalue weighted by Gasteiger charge is 2.67. The molecule has 2 N–H and O–H groups in total. The van der Waals surface area contributed by atoms with E-state index in [1.54, 1.807) is 26.8 Å². The van der Waals surface area contributed by atoms with Crippen LogP contribution in [-0.2, 0) is 4.74 Å². The topological polar surface area (TPSA) is 102 Å². The summed E-state index contributed by atoms with van der Waals surface area (Å²) in [7, 11) is 0. The van der Waals surface area contributed by atoms with Crippen LogP contribution in [0.4, 0.5) is 9.59 Å². The first-order valence-electron chi connectivity index (χ1n) is 6.64. The van der Waals surface area contributed by atoms with Crippen LogP contribution in [0.1, 0.15) is 40.0 Å². The van der Waals surface area contributed by atoms with Gasteiger partial charge in [0.05, 0.1) is 6.04 Å². The minimum Gasteiger partial charge on any atom is -0.443 e. The van der Waals surface area contributed by atoms with Crippen LogP contribution in [0.2, 0.25) is 0 Å². The molecule has 0 spiro atoms. The molecule has 1 heterocycles. The quantitative estimate of drug-likeness (QED) is 0.587. The summed E-state index contributed by atoms with van der Waals surface area (Å²) in [6.07, 6.45) is 1.81. The van der Waals surface area contributed by atoms with Gasteiger partial charge in [-0.15, -0.1) is 0 Å². The molecule has 0 radical (unpaired) electrons. The van der Waals surface area contributed by atoms with Gasteiger partial charge in [-0.3, -0.25) is 4.90 Å². The van der Waals surface area contributed by atoms with E-state index >= 15 is 0 Å². The van der Waals surface area contributed by atoms with Crippen LogP contribution in [0.3, 0.4) is 0 Å². The smallest absolute Gasteiger partial charge is 0.415 e. The number of nitriles is 1. The fourth-order valence-corrected chi connectivity index (χ4v) is 2.15. The molecule has 1 aliphatic heterocycles. The Hall–Kier alpha value is -1.81. The Morgan fingerprint density at radius 1 is 1.50 bits per heavy atom. The van der Waals surface area contributed by atoms with Crippen molar-refractivity contribution in [3.05, 3.63) is 0 Å². The predicted molar refractivity (Wildman–Crippen MR) is 68.3 cm³/mol. The van der Waals surface area contributed by atoms with E-state index in [4.69, 9.17) is 10.00 Å². The fraction of sp³-hybridized carbons (Fsp3) is 0.769. The maximum absolute atomic E-state index is 11.9. The lowest BCUT2D eigenvalue weighted by Gasteiger charge is -2.19. The molecule has 1 saturated carbocycles. The molecule has 2 atom stereocenters. The summed E-state index contributed by atoms with van der Waals surface area (Å²) in [6.45, 7) is 5.03. The van der Waals surface area contributed by atoms with Crippen molar-refractivity contribution >= 4 is 12.1 Å². The summed E-state index contributed by atoms with van der Waals surface area (Å²) >= 11 is 0. The maximum atomic E-state index is 11.9. The number of imide groups is 1. The van der Waals surface area contributed by atoms with Crippen molar-refractivity contribution in [3.8, 4) is 6.07 Å². The zero-order valence-electron chi connectivity index (χ0n) is 11.8. The number of aliphatic hydroxyl groups is 1. The summed E-state index contributed by atoms with van der Waals surface area (Å²) < 4.78 is 4.95. The third-order valence-electron chi connectivity index (χ3n) is 3.32. The molecule has 7 heteroatoms. The summed E-state index contributed by atoms with van der Waals surface area (Å²) in [5.74, 6) is 0.458. The molecule has 2 fully saturated rings. The van der Waals surface area contributed by atoms with Crippen molar-refractivity contribution in [3.63, 3.8) is 0 Å². The summed E-state index contributed by atoms with van der Waals surface area (Å²) in [5, 5.41) is 21.0. The lowest BCUT2D eigenvalue weighted by atomic mass is 10.1. The van der Waals surface area contributed by atoms with Crippen molar-refractivity contribution in [2.75, 3.05) is 0 Å². The predicted octanol–water partition coefficient (Wildman–Crippen LogP) is 1.33. The number of ether oxygens (including phenoxy) is 1. The molecule has 2 rings (SSSR count). The minimum absolute atomic E-state index is 0.458. The van der Waals surface area contributed by atoms with E-state index in [1.165, 1.54) is 0 Å². The number of alkyl carbamates (subject to hydrolysis) is 1. The van der Waals surface area contributed by atoms with Gasteiger partial charge in [-0.1, -0.05) is 12.8 Å². The van der Waals surface area contributed by atoms with Crippen molar-refractivity contribution in [1.29, 1.82) is 5.26 Å². The number of nitrogens with one attached hydrogen (secondary N) is 1. The molecular weight excluding hydrogens is 262 g/mol. The van der Waals surface area contributed by atoms with E-state index < -0.39 is 29.5 Å². The number of urea groups is 1. The maximum Gasteiger partial charge on any atom is 0.415 e. The highest BCUT2D eigenvalue weighted by Crippen LogP contribution is 2.47. The standard InChI is InChI=1S/C13H19N3O4/c1-12(2,3)20-11(18)15-10(17)16-9(6-8-4-5-8)13(16,19)7-14/h8-9,19H,4-6H2,1-3H3,(H,15,17,18). The normalized spacial score (nSPS) is 28.6. The van der Waals surface area contributed by atoms with Crippen LogP contribution in [0.25, 0.3) is 0 Å². The van der Waals surface area contributed by atoms with Gasteiger partial charge >= 0.3 is 12.1 Å². The Balaban J connectivity index is 1.92.